The van der Waals surface area contributed by atoms with Gasteiger partial charge < -0.3 is 15.1 Å². The van der Waals surface area contributed by atoms with E-state index < -0.39 is 24.3 Å². The summed E-state index contributed by atoms with van der Waals surface area (Å²) in [4.78, 5) is 43.0. The molecule has 2 aliphatic heterocycles. The maximum absolute atomic E-state index is 12.6. The molecular formula is C21H20F6N4O5. The fourth-order valence-electron chi connectivity index (χ4n) is 3.58. The molecule has 0 radical (unpaired) electrons. The molecule has 36 heavy (non-hydrogen) atoms. The van der Waals surface area contributed by atoms with Crippen molar-refractivity contribution in [1.29, 1.82) is 0 Å². The number of halogens is 6. The number of fused-ring (bicyclic) bond motifs is 1. The number of amides is 1. The van der Waals surface area contributed by atoms with Crippen molar-refractivity contribution in [3.05, 3.63) is 54.6 Å². The normalized spacial score (nSPS) is 19.5. The van der Waals surface area contributed by atoms with Crippen molar-refractivity contribution in [1.82, 2.24) is 14.9 Å². The number of likely N-dealkylation sites (tertiary alicyclic amines) is 1. The summed E-state index contributed by atoms with van der Waals surface area (Å²) in [6.07, 6.45) is -2.97. The Bertz CT molecular complexity index is 1010. The van der Waals surface area contributed by atoms with E-state index in [0.29, 0.717) is 5.92 Å². The monoisotopic (exact) mass is 522 g/mol. The number of carbonyl (C=O) groups is 3. The molecule has 2 atom stereocenters. The minimum Gasteiger partial charge on any atom is -0.475 e. The molecule has 2 saturated heterocycles. The topological polar surface area (TPSA) is 124 Å². The predicted octanol–water partition coefficient (Wildman–Crippen LogP) is 2.84. The first-order valence-corrected chi connectivity index (χ1v) is 10.1. The summed E-state index contributed by atoms with van der Waals surface area (Å²) in [5, 5.41) is 14.2. The molecule has 0 unspecified atom stereocenters. The van der Waals surface area contributed by atoms with Gasteiger partial charge in [-0.1, -0.05) is 6.07 Å². The number of hydrogen-bond donors (Lipinski definition) is 2. The van der Waals surface area contributed by atoms with Gasteiger partial charge in [-0.2, -0.15) is 26.3 Å². The van der Waals surface area contributed by atoms with E-state index in [2.05, 4.69) is 20.9 Å². The number of anilines is 1. The van der Waals surface area contributed by atoms with Crippen molar-refractivity contribution in [2.45, 2.75) is 18.9 Å². The highest BCUT2D eigenvalue weighted by molar-refractivity contribution is 5.97. The maximum Gasteiger partial charge on any atom is 0.490 e. The van der Waals surface area contributed by atoms with E-state index in [1.54, 1.807) is 18.6 Å². The van der Waals surface area contributed by atoms with Gasteiger partial charge in [-0.15, -0.1) is 0 Å². The highest BCUT2D eigenvalue weighted by Crippen LogP contribution is 2.35. The zero-order valence-corrected chi connectivity index (χ0v) is 18.3. The third kappa shape index (κ3) is 8.18. The lowest BCUT2D eigenvalue weighted by Crippen LogP contribution is -2.32. The number of aliphatic carboxylic acids is 2. The fourth-order valence-corrected chi connectivity index (χ4v) is 3.58. The van der Waals surface area contributed by atoms with Crippen LogP contribution in [0.15, 0.2) is 49.1 Å². The molecule has 2 fully saturated rings. The van der Waals surface area contributed by atoms with Gasteiger partial charge >= 0.3 is 24.3 Å². The van der Waals surface area contributed by atoms with Gasteiger partial charge in [0.25, 0.3) is 0 Å². The molecular weight excluding hydrogens is 502 g/mol. The van der Waals surface area contributed by atoms with Crippen LogP contribution in [0.3, 0.4) is 0 Å². The van der Waals surface area contributed by atoms with Crippen LogP contribution in [-0.4, -0.2) is 74.9 Å². The van der Waals surface area contributed by atoms with Crippen LogP contribution in [0.4, 0.5) is 32.0 Å². The van der Waals surface area contributed by atoms with Gasteiger partial charge in [-0.3, -0.25) is 19.7 Å². The maximum atomic E-state index is 12.6. The first kappa shape index (κ1) is 28.5. The molecule has 2 N–H and O–H groups in total. The van der Waals surface area contributed by atoms with Crippen molar-refractivity contribution >= 4 is 23.5 Å². The van der Waals surface area contributed by atoms with Gasteiger partial charge in [0.15, 0.2) is 0 Å². The molecule has 0 aliphatic carbocycles. The Morgan fingerprint density at radius 2 is 1.42 bits per heavy atom. The number of nitrogens with zero attached hydrogens (tertiary/aromatic N) is 4. The van der Waals surface area contributed by atoms with Gasteiger partial charge in [-0.05, 0) is 23.8 Å². The average Bonchev–Trinajstić information content (AvgIpc) is 3.33. The van der Waals surface area contributed by atoms with Crippen LogP contribution < -0.4 is 4.90 Å². The van der Waals surface area contributed by atoms with E-state index in [-0.39, 0.29) is 11.8 Å². The second-order valence-corrected chi connectivity index (χ2v) is 7.69. The van der Waals surface area contributed by atoms with Gasteiger partial charge in [0.1, 0.15) is 0 Å². The molecule has 0 aromatic carbocycles. The van der Waals surface area contributed by atoms with Crippen molar-refractivity contribution in [2.24, 2.45) is 11.8 Å². The molecule has 0 spiro atoms. The van der Waals surface area contributed by atoms with E-state index in [1.165, 1.54) is 5.56 Å². The number of carboxylic acid groups (broad SMARTS) is 2. The lowest BCUT2D eigenvalue weighted by Gasteiger charge is -2.21. The Morgan fingerprint density at radius 1 is 0.889 bits per heavy atom. The minimum absolute atomic E-state index is 0.122. The summed E-state index contributed by atoms with van der Waals surface area (Å²) < 4.78 is 63.5. The van der Waals surface area contributed by atoms with Gasteiger partial charge in [-0.25, -0.2) is 9.59 Å². The molecule has 2 aromatic rings. The zero-order chi connectivity index (χ0) is 27.1. The minimum atomic E-state index is -5.08. The van der Waals surface area contributed by atoms with Crippen LogP contribution in [-0.2, 0) is 20.9 Å². The molecule has 9 nitrogen and oxygen atoms in total. The van der Waals surface area contributed by atoms with Crippen LogP contribution in [0.2, 0.25) is 0 Å². The molecule has 4 rings (SSSR count). The molecule has 4 heterocycles. The Morgan fingerprint density at radius 3 is 1.83 bits per heavy atom. The average molecular weight is 522 g/mol. The number of rotatable bonds is 3. The van der Waals surface area contributed by atoms with E-state index >= 15 is 0 Å². The molecule has 2 aromatic heterocycles. The van der Waals surface area contributed by atoms with Crippen molar-refractivity contribution < 1.29 is 50.9 Å². The summed E-state index contributed by atoms with van der Waals surface area (Å²) in [6, 6.07) is 7.89. The second kappa shape index (κ2) is 11.8. The van der Waals surface area contributed by atoms with Gasteiger partial charge in [0.2, 0.25) is 5.91 Å². The van der Waals surface area contributed by atoms with Gasteiger partial charge in [0.05, 0.1) is 17.8 Å². The zero-order valence-electron chi connectivity index (χ0n) is 18.3. The number of hydrogen-bond acceptors (Lipinski definition) is 6. The molecule has 0 bridgehead atoms. The summed E-state index contributed by atoms with van der Waals surface area (Å²) >= 11 is 0. The summed E-state index contributed by atoms with van der Waals surface area (Å²) in [5.74, 6) is -4.73. The SMILES string of the molecule is O=C(O)C(F)(F)F.O=C(O)C(F)(F)F.O=C1[C@H]2CN(Cc3cccnc3)C[C@H]2CN1c1cccnc1. The van der Waals surface area contributed by atoms with Crippen LogP contribution in [0.1, 0.15) is 5.56 Å². The quantitative estimate of drug-likeness (QED) is 0.590. The summed E-state index contributed by atoms with van der Waals surface area (Å²) in [7, 11) is 0. The van der Waals surface area contributed by atoms with Crippen LogP contribution >= 0.6 is 0 Å². The molecule has 2 aliphatic rings. The lowest BCUT2D eigenvalue weighted by molar-refractivity contribution is -0.193. The first-order valence-electron chi connectivity index (χ1n) is 10.1. The first-order chi connectivity index (χ1) is 16.7. The largest absolute Gasteiger partial charge is 0.490 e. The van der Waals surface area contributed by atoms with Crippen molar-refractivity contribution in [3.8, 4) is 0 Å². The molecule has 15 heteroatoms. The Balaban J connectivity index is 0.000000271. The van der Waals surface area contributed by atoms with E-state index in [0.717, 1.165) is 31.9 Å². The number of alkyl halides is 6. The van der Waals surface area contributed by atoms with E-state index in [1.807, 2.05) is 29.3 Å². The Hall–Kier alpha value is -3.75. The molecule has 196 valence electrons. The number of aromatic nitrogens is 2. The fraction of sp³-hybridized carbons (Fsp3) is 0.381. The highest BCUT2D eigenvalue weighted by atomic mass is 19.4. The molecule has 1 amide bonds. The van der Waals surface area contributed by atoms with E-state index in [4.69, 9.17) is 19.8 Å². The van der Waals surface area contributed by atoms with Gasteiger partial charge in [0, 0.05) is 50.7 Å². The van der Waals surface area contributed by atoms with Crippen molar-refractivity contribution in [2.75, 3.05) is 24.5 Å². The van der Waals surface area contributed by atoms with E-state index in [9.17, 15) is 31.1 Å². The third-order valence-corrected chi connectivity index (χ3v) is 5.09. The van der Waals surface area contributed by atoms with Crippen molar-refractivity contribution in [3.63, 3.8) is 0 Å². The standard InChI is InChI=1S/C17H18N4O.2C2HF3O2/c22-17-16-12-20(9-13-3-1-5-18-7-13)10-14(16)11-21(17)15-4-2-6-19-8-15;2*3-2(4,5)1(6)7/h1-8,14,16H,9-12H2;2*(H,6,7)/t14-,16-;;/m0../s1. The highest BCUT2D eigenvalue weighted by Gasteiger charge is 2.46. The number of carboxylic acids is 2. The third-order valence-electron chi connectivity index (χ3n) is 5.09. The smallest absolute Gasteiger partial charge is 0.475 e. The lowest BCUT2D eigenvalue weighted by atomic mass is 10.0. The predicted molar refractivity (Wildman–Crippen MR) is 110 cm³/mol. The van der Waals surface area contributed by atoms with Crippen LogP contribution in [0.5, 0.6) is 0 Å². The summed E-state index contributed by atoms with van der Waals surface area (Å²) in [6.45, 7) is 3.50. The number of carbonyl (C=O) groups excluding carboxylic acids is 1. The second-order valence-electron chi connectivity index (χ2n) is 7.69. The van der Waals surface area contributed by atoms with Crippen LogP contribution in [0.25, 0.3) is 0 Å². The van der Waals surface area contributed by atoms with Crippen LogP contribution in [0, 0.1) is 11.8 Å². The Labute approximate surface area is 200 Å². The Kier molecular flexibility index (Phi) is 9.33. The molecule has 0 saturated carbocycles. The summed E-state index contributed by atoms with van der Waals surface area (Å²) in [5.41, 5.74) is 2.12. The number of pyridine rings is 2.